The number of ether oxygens (including phenoxy) is 1. The summed E-state index contributed by atoms with van der Waals surface area (Å²) in [6.07, 6.45) is 0. The molecule has 1 aromatic rings. The van der Waals surface area contributed by atoms with Gasteiger partial charge in [-0.3, -0.25) is 0 Å². The molecule has 96 valence electrons. The molecule has 0 bridgehead atoms. The largest absolute Gasteiger partial charge is 0.497 e. The molecule has 0 fully saturated rings. The SMILES string of the molecule is COc1ccc(SCC(C)CNC(C)C)cc1. The van der Waals surface area contributed by atoms with Crippen LogP contribution in [0.4, 0.5) is 0 Å². The minimum absolute atomic E-state index is 0.573. The molecule has 0 aliphatic rings. The zero-order valence-electron chi connectivity index (χ0n) is 11.2. The summed E-state index contributed by atoms with van der Waals surface area (Å²) in [6, 6.07) is 8.83. The Hall–Kier alpha value is -0.670. The molecule has 0 aliphatic carbocycles. The molecule has 1 N–H and O–H groups in total. The molecule has 0 heterocycles. The molecule has 0 spiro atoms. The molecule has 0 saturated carbocycles. The Balaban J connectivity index is 2.29. The molecule has 3 heteroatoms. The Morgan fingerprint density at radius 1 is 1.18 bits per heavy atom. The molecule has 0 radical (unpaired) electrons. The van der Waals surface area contributed by atoms with Crippen LogP contribution in [0, 0.1) is 5.92 Å². The second-order valence-electron chi connectivity index (χ2n) is 4.65. The van der Waals surface area contributed by atoms with Crippen LogP contribution in [-0.4, -0.2) is 25.4 Å². The van der Waals surface area contributed by atoms with E-state index in [-0.39, 0.29) is 0 Å². The van der Waals surface area contributed by atoms with Crippen molar-refractivity contribution in [3.8, 4) is 5.75 Å². The van der Waals surface area contributed by atoms with E-state index in [9.17, 15) is 0 Å². The summed E-state index contributed by atoms with van der Waals surface area (Å²) in [5.41, 5.74) is 0. The van der Waals surface area contributed by atoms with Crippen molar-refractivity contribution in [2.75, 3.05) is 19.4 Å². The van der Waals surface area contributed by atoms with Gasteiger partial charge in [-0.15, -0.1) is 11.8 Å². The van der Waals surface area contributed by atoms with Crippen molar-refractivity contribution >= 4 is 11.8 Å². The van der Waals surface area contributed by atoms with Gasteiger partial charge < -0.3 is 10.1 Å². The highest BCUT2D eigenvalue weighted by Gasteiger charge is 2.04. The fourth-order valence-electron chi connectivity index (χ4n) is 1.41. The predicted molar refractivity (Wildman–Crippen MR) is 76.0 cm³/mol. The zero-order chi connectivity index (χ0) is 12.7. The van der Waals surface area contributed by atoms with Gasteiger partial charge in [0.1, 0.15) is 5.75 Å². The van der Waals surface area contributed by atoms with E-state index in [4.69, 9.17) is 4.74 Å². The van der Waals surface area contributed by atoms with E-state index in [1.807, 2.05) is 23.9 Å². The van der Waals surface area contributed by atoms with Gasteiger partial charge in [0.25, 0.3) is 0 Å². The Labute approximate surface area is 109 Å². The Kier molecular flexibility index (Phi) is 6.45. The maximum atomic E-state index is 5.14. The van der Waals surface area contributed by atoms with Gasteiger partial charge in [0.2, 0.25) is 0 Å². The summed E-state index contributed by atoms with van der Waals surface area (Å²) in [7, 11) is 1.70. The number of rotatable bonds is 7. The Bertz CT molecular complexity index is 311. The highest BCUT2D eigenvalue weighted by Crippen LogP contribution is 2.23. The van der Waals surface area contributed by atoms with Crippen molar-refractivity contribution in [3.05, 3.63) is 24.3 Å². The second kappa shape index (κ2) is 7.62. The maximum absolute atomic E-state index is 5.14. The van der Waals surface area contributed by atoms with Crippen molar-refractivity contribution in [1.82, 2.24) is 5.32 Å². The van der Waals surface area contributed by atoms with Gasteiger partial charge in [-0.25, -0.2) is 0 Å². The van der Waals surface area contributed by atoms with Crippen LogP contribution in [0.1, 0.15) is 20.8 Å². The van der Waals surface area contributed by atoms with Crippen molar-refractivity contribution in [2.45, 2.75) is 31.7 Å². The lowest BCUT2D eigenvalue weighted by molar-refractivity contribution is 0.414. The van der Waals surface area contributed by atoms with Gasteiger partial charge in [-0.05, 0) is 36.7 Å². The minimum Gasteiger partial charge on any atom is -0.497 e. The van der Waals surface area contributed by atoms with Crippen LogP contribution in [0.25, 0.3) is 0 Å². The van der Waals surface area contributed by atoms with Crippen LogP contribution in [0.3, 0.4) is 0 Å². The molecule has 1 unspecified atom stereocenters. The lowest BCUT2D eigenvalue weighted by Gasteiger charge is -2.14. The Morgan fingerprint density at radius 2 is 1.82 bits per heavy atom. The van der Waals surface area contributed by atoms with Gasteiger partial charge in [-0.2, -0.15) is 0 Å². The van der Waals surface area contributed by atoms with Crippen molar-refractivity contribution < 1.29 is 4.74 Å². The van der Waals surface area contributed by atoms with Crippen molar-refractivity contribution in [3.63, 3.8) is 0 Å². The molecule has 0 saturated heterocycles. The van der Waals surface area contributed by atoms with E-state index in [0.717, 1.165) is 18.0 Å². The number of thioether (sulfide) groups is 1. The van der Waals surface area contributed by atoms with Crippen LogP contribution < -0.4 is 10.1 Å². The van der Waals surface area contributed by atoms with E-state index < -0.39 is 0 Å². The summed E-state index contributed by atoms with van der Waals surface area (Å²) in [6.45, 7) is 7.74. The number of hydrogen-bond donors (Lipinski definition) is 1. The monoisotopic (exact) mass is 253 g/mol. The predicted octanol–water partition coefficient (Wildman–Crippen LogP) is 3.42. The maximum Gasteiger partial charge on any atom is 0.118 e. The van der Waals surface area contributed by atoms with Crippen LogP contribution >= 0.6 is 11.8 Å². The third-order valence-corrected chi connectivity index (χ3v) is 3.81. The number of nitrogens with one attached hydrogen (secondary N) is 1. The standard InChI is InChI=1S/C14H23NOS/c1-11(2)15-9-12(3)10-17-14-7-5-13(16-4)6-8-14/h5-8,11-12,15H,9-10H2,1-4H3. The van der Waals surface area contributed by atoms with E-state index in [1.54, 1.807) is 7.11 Å². The highest BCUT2D eigenvalue weighted by atomic mass is 32.2. The van der Waals surface area contributed by atoms with Crippen LogP contribution in [0.5, 0.6) is 5.75 Å². The molecular weight excluding hydrogens is 230 g/mol. The average Bonchev–Trinajstić information content (AvgIpc) is 2.34. The van der Waals surface area contributed by atoms with Crippen molar-refractivity contribution in [1.29, 1.82) is 0 Å². The first-order valence-electron chi connectivity index (χ1n) is 6.12. The van der Waals surface area contributed by atoms with Crippen LogP contribution in [0.2, 0.25) is 0 Å². The summed E-state index contributed by atoms with van der Waals surface area (Å²) < 4.78 is 5.14. The van der Waals surface area contributed by atoms with Crippen molar-refractivity contribution in [2.24, 2.45) is 5.92 Å². The number of methoxy groups -OCH3 is 1. The first kappa shape index (κ1) is 14.4. The number of hydrogen-bond acceptors (Lipinski definition) is 3. The fraction of sp³-hybridized carbons (Fsp3) is 0.571. The smallest absolute Gasteiger partial charge is 0.118 e. The topological polar surface area (TPSA) is 21.3 Å². The van der Waals surface area contributed by atoms with Crippen LogP contribution in [-0.2, 0) is 0 Å². The van der Waals surface area contributed by atoms with Gasteiger partial charge in [0.05, 0.1) is 7.11 Å². The minimum atomic E-state index is 0.573. The lowest BCUT2D eigenvalue weighted by atomic mass is 10.2. The Morgan fingerprint density at radius 3 is 2.35 bits per heavy atom. The molecule has 1 aromatic carbocycles. The summed E-state index contributed by atoms with van der Waals surface area (Å²) in [4.78, 5) is 1.31. The van der Waals surface area contributed by atoms with Gasteiger partial charge in [0, 0.05) is 16.7 Å². The van der Waals surface area contributed by atoms with E-state index >= 15 is 0 Å². The molecular formula is C14H23NOS. The number of benzene rings is 1. The zero-order valence-corrected chi connectivity index (χ0v) is 12.0. The summed E-state index contributed by atoms with van der Waals surface area (Å²) in [5.74, 6) is 2.75. The summed E-state index contributed by atoms with van der Waals surface area (Å²) in [5, 5.41) is 3.47. The molecule has 0 amide bonds. The normalized spacial score (nSPS) is 12.8. The molecule has 1 atom stereocenters. The van der Waals surface area contributed by atoms with E-state index in [1.165, 1.54) is 4.90 Å². The molecule has 2 nitrogen and oxygen atoms in total. The van der Waals surface area contributed by atoms with Gasteiger partial charge in [-0.1, -0.05) is 20.8 Å². The second-order valence-corrected chi connectivity index (χ2v) is 5.75. The van der Waals surface area contributed by atoms with Crippen LogP contribution in [0.15, 0.2) is 29.2 Å². The molecule has 1 rings (SSSR count). The third-order valence-electron chi connectivity index (χ3n) is 2.47. The highest BCUT2D eigenvalue weighted by molar-refractivity contribution is 7.99. The lowest BCUT2D eigenvalue weighted by Crippen LogP contribution is -2.28. The quantitative estimate of drug-likeness (QED) is 0.752. The first-order chi connectivity index (χ1) is 8.11. The molecule has 0 aliphatic heterocycles. The van der Waals surface area contributed by atoms with E-state index in [0.29, 0.717) is 12.0 Å². The third kappa shape index (κ3) is 5.99. The van der Waals surface area contributed by atoms with Gasteiger partial charge in [0.15, 0.2) is 0 Å². The fourth-order valence-corrected chi connectivity index (χ4v) is 2.33. The molecule has 0 aromatic heterocycles. The first-order valence-corrected chi connectivity index (χ1v) is 7.10. The average molecular weight is 253 g/mol. The van der Waals surface area contributed by atoms with E-state index in [2.05, 4.69) is 38.2 Å². The van der Waals surface area contributed by atoms with Gasteiger partial charge >= 0.3 is 0 Å². The molecule has 17 heavy (non-hydrogen) atoms. The summed E-state index contributed by atoms with van der Waals surface area (Å²) >= 11 is 1.90.